The van der Waals surface area contributed by atoms with Crippen molar-refractivity contribution in [1.29, 1.82) is 0 Å². The molecule has 1 aliphatic heterocycles. The van der Waals surface area contributed by atoms with Gasteiger partial charge in [0.15, 0.2) is 0 Å². The number of carboxylic acids is 1. The number of fused-ring (bicyclic) bond motifs is 3. The van der Waals surface area contributed by atoms with Crippen molar-refractivity contribution in [3.05, 3.63) is 59.7 Å². The van der Waals surface area contributed by atoms with Crippen LogP contribution in [-0.4, -0.2) is 55.0 Å². The number of alkyl carbamates (subject to hydrolysis) is 1. The van der Waals surface area contributed by atoms with Gasteiger partial charge in [0.05, 0.1) is 18.6 Å². The normalized spacial score (nSPS) is 19.5. The van der Waals surface area contributed by atoms with Crippen LogP contribution in [0.4, 0.5) is 4.79 Å². The first-order valence-corrected chi connectivity index (χ1v) is 12.2. The van der Waals surface area contributed by atoms with Crippen LogP contribution in [0.15, 0.2) is 48.5 Å². The first-order valence-electron chi connectivity index (χ1n) is 12.2. The van der Waals surface area contributed by atoms with Crippen molar-refractivity contribution in [3.63, 3.8) is 0 Å². The number of rotatable bonds is 10. The van der Waals surface area contributed by atoms with Crippen molar-refractivity contribution in [2.45, 2.75) is 50.7 Å². The van der Waals surface area contributed by atoms with Crippen LogP contribution in [0, 0.1) is 5.92 Å². The number of carboxylic acid groups (broad SMARTS) is 1. The molecule has 1 fully saturated rings. The van der Waals surface area contributed by atoms with Gasteiger partial charge in [-0.3, -0.25) is 9.59 Å². The summed E-state index contributed by atoms with van der Waals surface area (Å²) in [6.45, 7) is 2.69. The Morgan fingerprint density at radius 1 is 1.09 bits per heavy atom. The second-order valence-electron chi connectivity index (χ2n) is 9.14. The van der Waals surface area contributed by atoms with Crippen LogP contribution < -0.4 is 10.6 Å². The highest BCUT2D eigenvalue weighted by molar-refractivity contribution is 5.80. The number of aliphatic carboxylic acids is 1. The fraction of sp³-hybridized carbons (Fsp3) is 0.444. The minimum absolute atomic E-state index is 0.00315. The lowest BCUT2D eigenvalue weighted by atomic mass is 9.98. The monoisotopic (exact) mass is 480 g/mol. The molecule has 1 aliphatic carbocycles. The maximum atomic E-state index is 12.5. The number of hydrogen-bond acceptors (Lipinski definition) is 5. The molecule has 8 nitrogen and oxygen atoms in total. The van der Waals surface area contributed by atoms with E-state index in [0.717, 1.165) is 11.1 Å². The molecule has 35 heavy (non-hydrogen) atoms. The third-order valence-electron chi connectivity index (χ3n) is 6.81. The molecule has 0 aromatic heterocycles. The Hall–Kier alpha value is -3.39. The highest BCUT2D eigenvalue weighted by Crippen LogP contribution is 2.44. The second kappa shape index (κ2) is 11.4. The van der Waals surface area contributed by atoms with Gasteiger partial charge in [-0.1, -0.05) is 55.5 Å². The van der Waals surface area contributed by atoms with Crippen LogP contribution in [0.3, 0.4) is 0 Å². The standard InChI is InChI=1S/C27H32N2O6/c1-2-18(11-12-25(30)31)29-26(32)17-13-19(34-15-17)14-28-27(33)35-16-24-22-9-5-3-7-20(22)21-8-4-6-10-23(21)24/h3-10,17-19,24H,2,11-16H2,1H3,(H,28,33)(H,29,32)(H,30,31). The van der Waals surface area contributed by atoms with Crippen molar-refractivity contribution < 1.29 is 29.0 Å². The van der Waals surface area contributed by atoms with E-state index in [0.29, 0.717) is 19.3 Å². The van der Waals surface area contributed by atoms with E-state index in [9.17, 15) is 14.4 Å². The minimum atomic E-state index is -0.874. The molecule has 2 aliphatic rings. The summed E-state index contributed by atoms with van der Waals surface area (Å²) in [4.78, 5) is 35.7. The molecule has 3 N–H and O–H groups in total. The number of ether oxygens (including phenoxy) is 2. The summed E-state index contributed by atoms with van der Waals surface area (Å²) in [5, 5.41) is 14.5. The predicted molar refractivity (Wildman–Crippen MR) is 130 cm³/mol. The number of carbonyl (C=O) groups excluding carboxylic acids is 2. The molecule has 2 aromatic rings. The molecular formula is C27H32N2O6. The molecule has 2 aromatic carbocycles. The average molecular weight is 481 g/mol. The first-order chi connectivity index (χ1) is 17.0. The molecule has 4 rings (SSSR count). The predicted octanol–water partition coefficient (Wildman–Crippen LogP) is 3.69. The second-order valence-corrected chi connectivity index (χ2v) is 9.14. The number of benzene rings is 2. The van der Waals surface area contributed by atoms with Gasteiger partial charge in [-0.25, -0.2) is 4.79 Å². The summed E-state index contributed by atoms with van der Waals surface area (Å²) >= 11 is 0. The molecule has 186 valence electrons. The van der Waals surface area contributed by atoms with Gasteiger partial charge in [0.1, 0.15) is 6.61 Å². The zero-order chi connectivity index (χ0) is 24.8. The SMILES string of the molecule is CCC(CCC(=O)O)NC(=O)C1COC(CNC(=O)OCC2c3ccccc3-c3ccccc32)C1. The third-order valence-corrected chi connectivity index (χ3v) is 6.81. The van der Waals surface area contributed by atoms with Gasteiger partial charge in [-0.05, 0) is 41.5 Å². The molecular weight excluding hydrogens is 448 g/mol. The highest BCUT2D eigenvalue weighted by atomic mass is 16.5. The van der Waals surface area contributed by atoms with Gasteiger partial charge in [-0.2, -0.15) is 0 Å². The molecule has 0 spiro atoms. The van der Waals surface area contributed by atoms with Crippen molar-refractivity contribution in [1.82, 2.24) is 10.6 Å². The number of hydrogen-bond donors (Lipinski definition) is 3. The van der Waals surface area contributed by atoms with Gasteiger partial charge < -0.3 is 25.2 Å². The van der Waals surface area contributed by atoms with Crippen LogP contribution in [0.25, 0.3) is 11.1 Å². The van der Waals surface area contributed by atoms with E-state index >= 15 is 0 Å². The number of carbonyl (C=O) groups is 3. The summed E-state index contributed by atoms with van der Waals surface area (Å²) in [6, 6.07) is 16.2. The highest BCUT2D eigenvalue weighted by Gasteiger charge is 2.32. The number of nitrogens with one attached hydrogen (secondary N) is 2. The third kappa shape index (κ3) is 6.00. The Morgan fingerprint density at radius 3 is 2.37 bits per heavy atom. The van der Waals surface area contributed by atoms with Gasteiger partial charge in [0.2, 0.25) is 5.91 Å². The van der Waals surface area contributed by atoms with Crippen molar-refractivity contribution in [2.24, 2.45) is 5.92 Å². The lowest BCUT2D eigenvalue weighted by Crippen LogP contribution is -2.39. The summed E-state index contributed by atoms with van der Waals surface area (Å²) in [7, 11) is 0. The average Bonchev–Trinajstić information content (AvgIpc) is 3.47. The Bertz CT molecular complexity index is 1030. The van der Waals surface area contributed by atoms with E-state index in [2.05, 4.69) is 34.9 Å². The van der Waals surface area contributed by atoms with E-state index in [1.807, 2.05) is 31.2 Å². The lowest BCUT2D eigenvalue weighted by molar-refractivity contribution is -0.137. The van der Waals surface area contributed by atoms with Gasteiger partial charge >= 0.3 is 12.1 Å². The van der Waals surface area contributed by atoms with Crippen LogP contribution in [0.2, 0.25) is 0 Å². The van der Waals surface area contributed by atoms with E-state index < -0.39 is 12.1 Å². The first kappa shape index (κ1) is 24.7. The molecule has 1 heterocycles. The lowest BCUT2D eigenvalue weighted by Gasteiger charge is -2.18. The molecule has 2 amide bonds. The fourth-order valence-corrected chi connectivity index (χ4v) is 4.87. The molecule has 0 saturated carbocycles. The quantitative estimate of drug-likeness (QED) is 0.478. The van der Waals surface area contributed by atoms with Gasteiger partial charge in [0.25, 0.3) is 0 Å². The largest absolute Gasteiger partial charge is 0.481 e. The maximum absolute atomic E-state index is 12.5. The topological polar surface area (TPSA) is 114 Å². The Kier molecular flexibility index (Phi) is 8.02. The summed E-state index contributed by atoms with van der Waals surface area (Å²) in [5.74, 6) is -1.33. The Balaban J connectivity index is 1.22. The summed E-state index contributed by atoms with van der Waals surface area (Å²) in [5.41, 5.74) is 4.66. The molecule has 3 atom stereocenters. The van der Waals surface area contributed by atoms with Crippen LogP contribution in [0.5, 0.6) is 0 Å². The van der Waals surface area contributed by atoms with Gasteiger partial charge in [-0.15, -0.1) is 0 Å². The Labute approximate surface area is 205 Å². The van der Waals surface area contributed by atoms with E-state index in [-0.39, 0.29) is 56.1 Å². The van der Waals surface area contributed by atoms with Crippen molar-refractivity contribution >= 4 is 18.0 Å². The minimum Gasteiger partial charge on any atom is -0.481 e. The number of amides is 2. The summed E-state index contributed by atoms with van der Waals surface area (Å²) < 4.78 is 11.3. The smallest absolute Gasteiger partial charge is 0.407 e. The van der Waals surface area contributed by atoms with Crippen LogP contribution in [-0.2, 0) is 19.1 Å². The van der Waals surface area contributed by atoms with Crippen molar-refractivity contribution in [3.8, 4) is 11.1 Å². The van der Waals surface area contributed by atoms with E-state index in [1.54, 1.807) is 0 Å². The Morgan fingerprint density at radius 2 is 1.74 bits per heavy atom. The molecule has 1 saturated heterocycles. The van der Waals surface area contributed by atoms with E-state index in [1.165, 1.54) is 11.1 Å². The molecule has 0 bridgehead atoms. The zero-order valence-corrected chi connectivity index (χ0v) is 19.9. The van der Waals surface area contributed by atoms with Crippen LogP contribution in [0.1, 0.15) is 49.7 Å². The molecule has 3 unspecified atom stereocenters. The maximum Gasteiger partial charge on any atom is 0.407 e. The van der Waals surface area contributed by atoms with Crippen LogP contribution >= 0.6 is 0 Å². The van der Waals surface area contributed by atoms with E-state index in [4.69, 9.17) is 14.6 Å². The fourth-order valence-electron chi connectivity index (χ4n) is 4.87. The summed E-state index contributed by atoms with van der Waals surface area (Å²) in [6.07, 6.45) is 0.794. The molecule has 0 radical (unpaired) electrons. The van der Waals surface area contributed by atoms with Gasteiger partial charge in [0, 0.05) is 24.9 Å². The molecule has 8 heteroatoms. The zero-order valence-electron chi connectivity index (χ0n) is 19.9. The van der Waals surface area contributed by atoms with Crippen molar-refractivity contribution in [2.75, 3.05) is 19.8 Å².